The molecule has 1 aliphatic rings. The Kier molecular flexibility index (Phi) is 5.12. The minimum Gasteiger partial charge on any atom is -0.344 e. The van der Waals surface area contributed by atoms with E-state index in [9.17, 15) is 14.0 Å². The van der Waals surface area contributed by atoms with Crippen LogP contribution >= 0.6 is 0 Å². The number of nitrogens with zero attached hydrogens (tertiary/aromatic N) is 1. The Balaban J connectivity index is 1.68. The summed E-state index contributed by atoms with van der Waals surface area (Å²) in [6, 6.07) is 14.9. The fourth-order valence-electron chi connectivity index (χ4n) is 3.22. The van der Waals surface area contributed by atoms with Gasteiger partial charge in [-0.1, -0.05) is 37.3 Å². The topological polar surface area (TPSA) is 49.4 Å². The van der Waals surface area contributed by atoms with Crippen molar-refractivity contribution in [3.8, 4) is 0 Å². The molecule has 1 saturated heterocycles. The van der Waals surface area contributed by atoms with Crippen molar-refractivity contribution in [1.29, 1.82) is 0 Å². The predicted octanol–water partition coefficient (Wildman–Crippen LogP) is 3.24. The number of amides is 2. The van der Waals surface area contributed by atoms with Gasteiger partial charge in [0.05, 0.1) is 5.92 Å². The summed E-state index contributed by atoms with van der Waals surface area (Å²) in [4.78, 5) is 26.8. The van der Waals surface area contributed by atoms with Crippen LogP contribution in [0.25, 0.3) is 0 Å². The van der Waals surface area contributed by atoms with Crippen LogP contribution in [0.1, 0.15) is 31.2 Å². The third kappa shape index (κ3) is 3.71. The van der Waals surface area contributed by atoms with Gasteiger partial charge >= 0.3 is 0 Å². The minimum atomic E-state index is -0.532. The lowest BCUT2D eigenvalue weighted by Gasteiger charge is -2.20. The van der Waals surface area contributed by atoms with Gasteiger partial charge in [-0.2, -0.15) is 0 Å². The molecule has 0 spiro atoms. The van der Waals surface area contributed by atoms with E-state index in [-0.39, 0.29) is 23.5 Å². The predicted molar refractivity (Wildman–Crippen MR) is 94.8 cm³/mol. The largest absolute Gasteiger partial charge is 0.344 e. The van der Waals surface area contributed by atoms with Gasteiger partial charge in [-0.3, -0.25) is 9.59 Å². The van der Waals surface area contributed by atoms with E-state index < -0.39 is 6.04 Å². The van der Waals surface area contributed by atoms with Crippen molar-refractivity contribution in [2.24, 2.45) is 0 Å². The molecule has 2 aromatic rings. The zero-order chi connectivity index (χ0) is 17.8. The molecule has 0 radical (unpaired) electrons. The first-order valence-electron chi connectivity index (χ1n) is 8.52. The summed E-state index contributed by atoms with van der Waals surface area (Å²) >= 11 is 0. The Morgan fingerprint density at radius 1 is 1.20 bits per heavy atom. The smallest absolute Gasteiger partial charge is 0.249 e. The molecule has 0 aliphatic carbocycles. The summed E-state index contributed by atoms with van der Waals surface area (Å²) in [5.41, 5.74) is 1.60. The highest BCUT2D eigenvalue weighted by Crippen LogP contribution is 2.24. The van der Waals surface area contributed by atoms with Gasteiger partial charge in [-0.05, 0) is 42.7 Å². The van der Waals surface area contributed by atoms with Crippen molar-refractivity contribution in [3.63, 3.8) is 0 Å². The molecule has 1 fully saturated rings. The van der Waals surface area contributed by atoms with Crippen LogP contribution in [0.15, 0.2) is 54.6 Å². The molecule has 1 heterocycles. The molecule has 0 bridgehead atoms. The first kappa shape index (κ1) is 17.1. The van der Waals surface area contributed by atoms with E-state index in [2.05, 4.69) is 5.32 Å². The van der Waals surface area contributed by atoms with Crippen LogP contribution < -0.4 is 10.2 Å². The molecule has 25 heavy (non-hydrogen) atoms. The van der Waals surface area contributed by atoms with Gasteiger partial charge in [-0.15, -0.1) is 0 Å². The van der Waals surface area contributed by atoms with Gasteiger partial charge in [0.15, 0.2) is 0 Å². The van der Waals surface area contributed by atoms with Crippen molar-refractivity contribution < 1.29 is 14.0 Å². The molecule has 3 rings (SSSR count). The molecule has 130 valence electrons. The zero-order valence-electron chi connectivity index (χ0n) is 14.1. The minimum absolute atomic E-state index is 0.131. The zero-order valence-corrected chi connectivity index (χ0v) is 14.1. The number of hydrogen-bond acceptors (Lipinski definition) is 2. The lowest BCUT2D eigenvalue weighted by atomic mass is 9.95. The fraction of sp³-hybridized carbons (Fsp3) is 0.300. The quantitative estimate of drug-likeness (QED) is 0.908. The highest BCUT2D eigenvalue weighted by atomic mass is 19.1. The third-order valence-corrected chi connectivity index (χ3v) is 4.59. The number of nitrogens with one attached hydrogen (secondary N) is 1. The summed E-state index contributed by atoms with van der Waals surface area (Å²) in [5, 5.41) is 2.89. The van der Waals surface area contributed by atoms with E-state index in [1.165, 1.54) is 12.1 Å². The Bertz CT molecular complexity index is 746. The van der Waals surface area contributed by atoms with Crippen LogP contribution in [-0.4, -0.2) is 24.4 Å². The van der Waals surface area contributed by atoms with Gasteiger partial charge in [0.2, 0.25) is 11.8 Å². The fourth-order valence-corrected chi connectivity index (χ4v) is 3.22. The van der Waals surface area contributed by atoms with Crippen molar-refractivity contribution in [2.75, 3.05) is 11.4 Å². The van der Waals surface area contributed by atoms with Crippen LogP contribution in [-0.2, 0) is 9.59 Å². The summed E-state index contributed by atoms with van der Waals surface area (Å²) < 4.78 is 13.0. The monoisotopic (exact) mass is 340 g/mol. The Labute approximate surface area is 146 Å². The SMILES string of the molecule is CC[C@H](C(=O)N[C@H]1CCN(c2ccc(F)cc2)C1=O)c1ccccc1. The van der Waals surface area contributed by atoms with Gasteiger partial charge in [-0.25, -0.2) is 4.39 Å². The standard InChI is InChI=1S/C20H21FN2O2/c1-2-17(14-6-4-3-5-7-14)19(24)22-18-12-13-23(20(18)25)16-10-8-15(21)9-11-16/h3-11,17-18H,2,12-13H2,1H3,(H,22,24)/t17-,18-/m0/s1. The molecular weight excluding hydrogens is 319 g/mol. The van der Waals surface area contributed by atoms with E-state index in [1.54, 1.807) is 17.0 Å². The number of carbonyl (C=O) groups excluding carboxylic acids is 2. The van der Waals surface area contributed by atoms with E-state index in [4.69, 9.17) is 0 Å². The highest BCUT2D eigenvalue weighted by molar-refractivity contribution is 6.01. The molecule has 1 N–H and O–H groups in total. The van der Waals surface area contributed by atoms with Gasteiger partial charge < -0.3 is 10.2 Å². The average molecular weight is 340 g/mol. The third-order valence-electron chi connectivity index (χ3n) is 4.59. The van der Waals surface area contributed by atoms with Crippen LogP contribution in [0.2, 0.25) is 0 Å². The lowest BCUT2D eigenvalue weighted by Crippen LogP contribution is -2.43. The summed E-state index contributed by atoms with van der Waals surface area (Å²) in [7, 11) is 0. The van der Waals surface area contributed by atoms with Crippen molar-refractivity contribution in [1.82, 2.24) is 5.32 Å². The molecular formula is C20H21FN2O2. The highest BCUT2D eigenvalue weighted by Gasteiger charge is 2.34. The number of benzene rings is 2. The molecule has 2 aromatic carbocycles. The Morgan fingerprint density at radius 2 is 1.88 bits per heavy atom. The number of anilines is 1. The van der Waals surface area contributed by atoms with E-state index in [1.807, 2.05) is 37.3 Å². The maximum absolute atomic E-state index is 13.0. The molecule has 0 aromatic heterocycles. The maximum atomic E-state index is 13.0. The van der Waals surface area contributed by atoms with Gasteiger partial charge in [0.1, 0.15) is 11.9 Å². The van der Waals surface area contributed by atoms with Crippen LogP contribution in [0.5, 0.6) is 0 Å². The van der Waals surface area contributed by atoms with E-state index >= 15 is 0 Å². The first-order chi connectivity index (χ1) is 12.1. The second-order valence-corrected chi connectivity index (χ2v) is 6.19. The number of carbonyl (C=O) groups is 2. The molecule has 1 aliphatic heterocycles. The van der Waals surface area contributed by atoms with Gasteiger partial charge in [0.25, 0.3) is 0 Å². The number of rotatable bonds is 5. The first-order valence-corrected chi connectivity index (χ1v) is 8.52. The second kappa shape index (κ2) is 7.47. The molecule has 0 saturated carbocycles. The summed E-state index contributed by atoms with van der Waals surface area (Å²) in [6.07, 6.45) is 1.21. The molecule has 0 unspecified atom stereocenters. The number of halogens is 1. The molecule has 2 atom stereocenters. The van der Waals surface area contributed by atoms with E-state index in [0.29, 0.717) is 25.1 Å². The van der Waals surface area contributed by atoms with Crippen molar-refractivity contribution in [2.45, 2.75) is 31.7 Å². The van der Waals surface area contributed by atoms with Crippen molar-refractivity contribution in [3.05, 3.63) is 66.0 Å². The molecule has 2 amide bonds. The summed E-state index contributed by atoms with van der Waals surface area (Å²) in [6.45, 7) is 2.47. The van der Waals surface area contributed by atoms with Crippen molar-refractivity contribution >= 4 is 17.5 Å². The Hall–Kier alpha value is -2.69. The van der Waals surface area contributed by atoms with Crippen LogP contribution in [0, 0.1) is 5.82 Å². The number of hydrogen-bond donors (Lipinski definition) is 1. The summed E-state index contributed by atoms with van der Waals surface area (Å²) in [5.74, 6) is -0.890. The van der Waals surface area contributed by atoms with Crippen LogP contribution in [0.4, 0.5) is 10.1 Å². The van der Waals surface area contributed by atoms with Gasteiger partial charge in [0, 0.05) is 12.2 Å². The normalized spacial score (nSPS) is 18.2. The molecule has 4 nitrogen and oxygen atoms in total. The van der Waals surface area contributed by atoms with Crippen LogP contribution in [0.3, 0.4) is 0 Å². The Morgan fingerprint density at radius 3 is 2.52 bits per heavy atom. The average Bonchev–Trinajstić information content (AvgIpc) is 2.98. The maximum Gasteiger partial charge on any atom is 0.249 e. The second-order valence-electron chi connectivity index (χ2n) is 6.19. The molecule has 5 heteroatoms. The van der Waals surface area contributed by atoms with E-state index in [0.717, 1.165) is 5.56 Å². The lowest BCUT2D eigenvalue weighted by molar-refractivity contribution is -0.127.